The molecule has 0 saturated heterocycles. The van der Waals surface area contributed by atoms with Crippen molar-refractivity contribution in [2.45, 2.75) is 46.1 Å². The van der Waals surface area contributed by atoms with E-state index in [4.69, 9.17) is 10.5 Å². The van der Waals surface area contributed by atoms with Gasteiger partial charge in [-0.05, 0) is 37.5 Å². The van der Waals surface area contributed by atoms with Gasteiger partial charge in [-0.3, -0.25) is 4.79 Å². The van der Waals surface area contributed by atoms with Crippen LogP contribution in [0.4, 0.5) is 5.69 Å². The van der Waals surface area contributed by atoms with E-state index in [2.05, 4.69) is 5.32 Å². The highest BCUT2D eigenvalue weighted by Crippen LogP contribution is 2.26. The highest BCUT2D eigenvalue weighted by Gasteiger charge is 2.14. The van der Waals surface area contributed by atoms with Gasteiger partial charge in [0, 0.05) is 0 Å². The van der Waals surface area contributed by atoms with E-state index in [-0.39, 0.29) is 5.91 Å². The molecule has 19 heavy (non-hydrogen) atoms. The Kier molecular flexibility index (Phi) is 6.36. The predicted octanol–water partition coefficient (Wildman–Crippen LogP) is 2.85. The second-order valence-corrected chi connectivity index (χ2v) is 4.73. The molecule has 0 fully saturated rings. The zero-order valence-corrected chi connectivity index (χ0v) is 12.0. The van der Waals surface area contributed by atoms with Crippen LogP contribution in [0.15, 0.2) is 18.2 Å². The number of carbonyl (C=O) groups excluding carboxylic acids is 1. The molecule has 0 saturated carbocycles. The molecule has 0 heterocycles. The van der Waals surface area contributed by atoms with E-state index in [9.17, 15) is 4.79 Å². The summed E-state index contributed by atoms with van der Waals surface area (Å²) in [6, 6.07) is 5.26. The molecule has 0 spiro atoms. The lowest BCUT2D eigenvalue weighted by atomic mass is 10.1. The number of nitrogens with one attached hydrogen (secondary N) is 1. The molecule has 1 aromatic carbocycles. The average Bonchev–Trinajstić information content (AvgIpc) is 2.39. The fourth-order valence-corrected chi connectivity index (χ4v) is 1.73. The van der Waals surface area contributed by atoms with E-state index in [0.29, 0.717) is 24.5 Å². The number of hydrogen-bond donors (Lipinski definition) is 2. The van der Waals surface area contributed by atoms with Gasteiger partial charge in [0.2, 0.25) is 5.91 Å². The highest BCUT2D eigenvalue weighted by atomic mass is 16.5. The van der Waals surface area contributed by atoms with Gasteiger partial charge in [-0.15, -0.1) is 0 Å². The smallest absolute Gasteiger partial charge is 0.241 e. The van der Waals surface area contributed by atoms with Gasteiger partial charge in [0.05, 0.1) is 18.3 Å². The van der Waals surface area contributed by atoms with Crippen molar-refractivity contribution in [3.63, 3.8) is 0 Å². The highest BCUT2D eigenvalue weighted by molar-refractivity contribution is 5.95. The van der Waals surface area contributed by atoms with E-state index in [0.717, 1.165) is 18.4 Å². The van der Waals surface area contributed by atoms with Gasteiger partial charge in [0.25, 0.3) is 0 Å². The second-order valence-electron chi connectivity index (χ2n) is 4.73. The van der Waals surface area contributed by atoms with Crippen LogP contribution in [-0.4, -0.2) is 18.6 Å². The lowest BCUT2D eigenvalue weighted by molar-refractivity contribution is -0.117. The Morgan fingerprint density at radius 1 is 1.37 bits per heavy atom. The Labute approximate surface area is 115 Å². The molecule has 3 N–H and O–H groups in total. The van der Waals surface area contributed by atoms with Crippen LogP contribution in [0.25, 0.3) is 0 Å². The quantitative estimate of drug-likeness (QED) is 0.796. The van der Waals surface area contributed by atoms with Crippen molar-refractivity contribution in [1.82, 2.24) is 0 Å². The van der Waals surface area contributed by atoms with Crippen LogP contribution < -0.4 is 15.8 Å². The summed E-state index contributed by atoms with van der Waals surface area (Å²) in [6.45, 7) is 6.68. The average molecular weight is 264 g/mol. The van der Waals surface area contributed by atoms with Gasteiger partial charge in [-0.25, -0.2) is 0 Å². The molecule has 0 radical (unpaired) electrons. The van der Waals surface area contributed by atoms with Crippen molar-refractivity contribution in [1.29, 1.82) is 0 Å². The van der Waals surface area contributed by atoms with Crippen molar-refractivity contribution in [2.24, 2.45) is 5.73 Å². The van der Waals surface area contributed by atoms with E-state index < -0.39 is 6.04 Å². The number of aryl methyl sites for hydroxylation is 1. The van der Waals surface area contributed by atoms with Crippen LogP contribution in [0.3, 0.4) is 0 Å². The summed E-state index contributed by atoms with van der Waals surface area (Å²) in [6.07, 6.45) is 2.50. The van der Waals surface area contributed by atoms with Crippen LogP contribution in [0.1, 0.15) is 38.7 Å². The van der Waals surface area contributed by atoms with Gasteiger partial charge in [0.1, 0.15) is 5.75 Å². The Hall–Kier alpha value is -1.55. The molecule has 1 atom stereocenters. The van der Waals surface area contributed by atoms with Crippen molar-refractivity contribution in [3.05, 3.63) is 23.8 Å². The first kappa shape index (κ1) is 15.5. The largest absolute Gasteiger partial charge is 0.491 e. The Bertz CT molecular complexity index is 419. The third-order valence-corrected chi connectivity index (χ3v) is 2.79. The SMILES string of the molecule is CCCOc1cc(C)ccc1NC(=O)C(N)CCC. The van der Waals surface area contributed by atoms with Crippen molar-refractivity contribution >= 4 is 11.6 Å². The van der Waals surface area contributed by atoms with Crippen molar-refractivity contribution in [2.75, 3.05) is 11.9 Å². The lowest BCUT2D eigenvalue weighted by Crippen LogP contribution is -2.35. The summed E-state index contributed by atoms with van der Waals surface area (Å²) in [4.78, 5) is 11.9. The minimum Gasteiger partial charge on any atom is -0.491 e. The lowest BCUT2D eigenvalue weighted by Gasteiger charge is -2.15. The fraction of sp³-hybridized carbons (Fsp3) is 0.533. The molecule has 0 bridgehead atoms. The number of anilines is 1. The van der Waals surface area contributed by atoms with Gasteiger partial charge < -0.3 is 15.8 Å². The topological polar surface area (TPSA) is 64.3 Å². The molecule has 0 aliphatic carbocycles. The van der Waals surface area contributed by atoms with E-state index in [1.807, 2.05) is 39.0 Å². The maximum absolute atomic E-state index is 11.9. The molecule has 1 aromatic rings. The molecule has 4 heteroatoms. The maximum atomic E-state index is 11.9. The molecule has 1 unspecified atom stereocenters. The second kappa shape index (κ2) is 7.79. The number of benzene rings is 1. The third-order valence-electron chi connectivity index (χ3n) is 2.79. The summed E-state index contributed by atoms with van der Waals surface area (Å²) >= 11 is 0. The molecule has 0 aliphatic heterocycles. The minimum atomic E-state index is -0.467. The Morgan fingerprint density at radius 2 is 2.11 bits per heavy atom. The van der Waals surface area contributed by atoms with E-state index >= 15 is 0 Å². The molecule has 0 aliphatic rings. The van der Waals surface area contributed by atoms with Crippen molar-refractivity contribution in [3.8, 4) is 5.75 Å². The third kappa shape index (κ3) is 4.91. The molecular formula is C15H24N2O2. The van der Waals surface area contributed by atoms with Gasteiger partial charge in [-0.1, -0.05) is 26.3 Å². The Morgan fingerprint density at radius 3 is 2.74 bits per heavy atom. The summed E-state index contributed by atoms with van der Waals surface area (Å²) < 4.78 is 5.65. The number of hydrogen-bond acceptors (Lipinski definition) is 3. The number of rotatable bonds is 7. The number of amides is 1. The van der Waals surface area contributed by atoms with Gasteiger partial charge in [0.15, 0.2) is 0 Å². The van der Waals surface area contributed by atoms with Crippen LogP contribution in [0, 0.1) is 6.92 Å². The normalized spacial score (nSPS) is 12.0. The van der Waals surface area contributed by atoms with Crippen LogP contribution in [0.5, 0.6) is 5.75 Å². The molecule has 4 nitrogen and oxygen atoms in total. The standard InChI is InChI=1S/C15H24N2O2/c1-4-6-12(16)15(18)17-13-8-7-11(3)10-14(13)19-9-5-2/h7-8,10,12H,4-6,9,16H2,1-3H3,(H,17,18). The zero-order valence-electron chi connectivity index (χ0n) is 12.0. The van der Waals surface area contributed by atoms with Crippen LogP contribution in [0.2, 0.25) is 0 Å². The Balaban J connectivity index is 2.78. The van der Waals surface area contributed by atoms with Gasteiger partial charge in [-0.2, -0.15) is 0 Å². The summed E-state index contributed by atoms with van der Waals surface area (Å²) in [5.74, 6) is 0.547. The first-order chi connectivity index (χ1) is 9.08. The van der Waals surface area contributed by atoms with Crippen LogP contribution >= 0.6 is 0 Å². The van der Waals surface area contributed by atoms with E-state index in [1.54, 1.807) is 0 Å². The van der Waals surface area contributed by atoms with Gasteiger partial charge >= 0.3 is 0 Å². The van der Waals surface area contributed by atoms with Crippen LogP contribution in [-0.2, 0) is 4.79 Å². The summed E-state index contributed by atoms with van der Waals surface area (Å²) in [7, 11) is 0. The minimum absolute atomic E-state index is 0.160. The number of nitrogens with two attached hydrogens (primary N) is 1. The molecule has 106 valence electrons. The summed E-state index contributed by atoms with van der Waals surface area (Å²) in [5.41, 5.74) is 7.59. The van der Waals surface area contributed by atoms with E-state index in [1.165, 1.54) is 0 Å². The van der Waals surface area contributed by atoms with Crippen molar-refractivity contribution < 1.29 is 9.53 Å². The molecule has 1 amide bonds. The number of carbonyl (C=O) groups is 1. The fourth-order valence-electron chi connectivity index (χ4n) is 1.73. The predicted molar refractivity (Wildman–Crippen MR) is 78.5 cm³/mol. The number of ether oxygens (including phenoxy) is 1. The first-order valence-corrected chi connectivity index (χ1v) is 6.88. The molecule has 0 aromatic heterocycles. The maximum Gasteiger partial charge on any atom is 0.241 e. The zero-order chi connectivity index (χ0) is 14.3. The summed E-state index contributed by atoms with van der Waals surface area (Å²) in [5, 5.41) is 2.84. The monoisotopic (exact) mass is 264 g/mol. The first-order valence-electron chi connectivity index (χ1n) is 6.88. The molecular weight excluding hydrogens is 240 g/mol. The molecule has 1 rings (SSSR count).